The molecule has 12 heavy (non-hydrogen) atoms. The summed E-state index contributed by atoms with van der Waals surface area (Å²) in [6.45, 7) is 3.40. The van der Waals surface area contributed by atoms with Crippen LogP contribution < -0.4 is 0 Å². The molecule has 0 aromatic rings. The molecule has 2 unspecified atom stereocenters. The summed E-state index contributed by atoms with van der Waals surface area (Å²) in [5.74, 6) is 0. The van der Waals surface area contributed by atoms with E-state index >= 15 is 0 Å². The van der Waals surface area contributed by atoms with Crippen molar-refractivity contribution in [3.8, 4) is 0 Å². The van der Waals surface area contributed by atoms with Crippen LogP contribution in [0, 0.1) is 0 Å². The molecule has 0 amide bonds. The maximum absolute atomic E-state index is 2.64. The normalized spacial score (nSPS) is 36.2. The topological polar surface area (TPSA) is 6.48 Å². The third-order valence-electron chi connectivity index (χ3n) is 3.51. The lowest BCUT2D eigenvalue weighted by molar-refractivity contribution is -0.0628. The SMILES string of the molecule is CCN(C)N1C2CCCC1CC2. The van der Waals surface area contributed by atoms with Gasteiger partial charge in [-0.3, -0.25) is 0 Å². The summed E-state index contributed by atoms with van der Waals surface area (Å²) in [6.07, 6.45) is 7.20. The highest BCUT2D eigenvalue weighted by atomic mass is 15.6. The molecule has 0 spiro atoms. The van der Waals surface area contributed by atoms with E-state index in [4.69, 9.17) is 0 Å². The average Bonchev–Trinajstić information content (AvgIpc) is 2.35. The molecule has 70 valence electrons. The van der Waals surface area contributed by atoms with Gasteiger partial charge in [0.25, 0.3) is 0 Å². The lowest BCUT2D eigenvalue weighted by Gasteiger charge is -2.40. The Hall–Kier alpha value is -0.0800. The van der Waals surface area contributed by atoms with Crippen LogP contribution >= 0.6 is 0 Å². The molecule has 0 saturated carbocycles. The predicted octanol–water partition coefficient (Wildman–Crippen LogP) is 1.87. The van der Waals surface area contributed by atoms with Gasteiger partial charge in [0, 0.05) is 25.7 Å². The first-order valence-electron chi connectivity index (χ1n) is 5.32. The third-order valence-corrected chi connectivity index (χ3v) is 3.51. The van der Waals surface area contributed by atoms with Gasteiger partial charge < -0.3 is 0 Å². The molecule has 2 rings (SSSR count). The maximum atomic E-state index is 2.64. The van der Waals surface area contributed by atoms with Gasteiger partial charge in [-0.15, -0.1) is 0 Å². The van der Waals surface area contributed by atoms with E-state index in [2.05, 4.69) is 24.0 Å². The molecule has 2 bridgehead atoms. The van der Waals surface area contributed by atoms with Crippen molar-refractivity contribution >= 4 is 0 Å². The molecule has 2 atom stereocenters. The van der Waals surface area contributed by atoms with E-state index in [1.165, 1.54) is 32.1 Å². The molecule has 2 fully saturated rings. The standard InChI is InChI=1S/C10H20N2/c1-3-11(2)12-9-5-4-6-10(12)8-7-9/h9-10H,3-8H2,1-2H3. The van der Waals surface area contributed by atoms with E-state index in [0.29, 0.717) is 0 Å². The summed E-state index contributed by atoms with van der Waals surface area (Å²) in [6, 6.07) is 1.77. The van der Waals surface area contributed by atoms with Crippen molar-refractivity contribution in [2.45, 2.75) is 51.1 Å². The van der Waals surface area contributed by atoms with Crippen molar-refractivity contribution in [2.24, 2.45) is 0 Å². The van der Waals surface area contributed by atoms with Gasteiger partial charge in [-0.05, 0) is 25.7 Å². The van der Waals surface area contributed by atoms with Crippen molar-refractivity contribution < 1.29 is 0 Å². The number of nitrogens with zero attached hydrogens (tertiary/aromatic N) is 2. The second kappa shape index (κ2) is 3.35. The van der Waals surface area contributed by atoms with Crippen LogP contribution in [0.2, 0.25) is 0 Å². The molecule has 2 heterocycles. The van der Waals surface area contributed by atoms with Crippen LogP contribution in [0.3, 0.4) is 0 Å². The highest BCUT2D eigenvalue weighted by Crippen LogP contribution is 2.35. The quantitative estimate of drug-likeness (QED) is 0.621. The number of hydrazine groups is 1. The minimum atomic E-state index is 0.883. The van der Waals surface area contributed by atoms with Crippen LogP contribution in [0.4, 0.5) is 0 Å². The van der Waals surface area contributed by atoms with Gasteiger partial charge in [0.1, 0.15) is 0 Å². The minimum Gasteiger partial charge on any atom is -0.245 e. The molecule has 0 aromatic heterocycles. The van der Waals surface area contributed by atoms with Crippen molar-refractivity contribution in [3.63, 3.8) is 0 Å². The lowest BCUT2D eigenvalue weighted by atomic mass is 10.1. The molecular formula is C10H20N2. The largest absolute Gasteiger partial charge is 0.245 e. The Morgan fingerprint density at radius 2 is 1.75 bits per heavy atom. The Labute approximate surface area is 75.5 Å². The smallest absolute Gasteiger partial charge is 0.0249 e. The van der Waals surface area contributed by atoms with Crippen LogP contribution in [0.1, 0.15) is 39.0 Å². The zero-order valence-corrected chi connectivity index (χ0v) is 8.29. The van der Waals surface area contributed by atoms with Gasteiger partial charge in [0.05, 0.1) is 0 Å². The first-order valence-corrected chi connectivity index (χ1v) is 5.32. The van der Waals surface area contributed by atoms with E-state index in [0.717, 1.165) is 18.6 Å². The van der Waals surface area contributed by atoms with Gasteiger partial charge in [0.2, 0.25) is 0 Å². The number of rotatable bonds is 2. The zero-order chi connectivity index (χ0) is 8.55. The average molecular weight is 168 g/mol. The first kappa shape index (κ1) is 8.52. The van der Waals surface area contributed by atoms with Gasteiger partial charge >= 0.3 is 0 Å². The van der Waals surface area contributed by atoms with Gasteiger partial charge in [0.15, 0.2) is 0 Å². The Balaban J connectivity index is 2.05. The molecule has 2 aliphatic rings. The Morgan fingerprint density at radius 1 is 1.17 bits per heavy atom. The fourth-order valence-corrected chi connectivity index (χ4v) is 2.81. The zero-order valence-electron chi connectivity index (χ0n) is 8.29. The third kappa shape index (κ3) is 1.27. The molecule has 0 radical (unpaired) electrons. The van der Waals surface area contributed by atoms with E-state index in [1.807, 2.05) is 0 Å². The van der Waals surface area contributed by atoms with Crippen LogP contribution in [-0.2, 0) is 0 Å². The molecule has 0 aromatic carbocycles. The second-order valence-electron chi connectivity index (χ2n) is 4.17. The first-order chi connectivity index (χ1) is 5.83. The fraction of sp³-hybridized carbons (Fsp3) is 1.00. The van der Waals surface area contributed by atoms with Crippen LogP contribution in [0.25, 0.3) is 0 Å². The van der Waals surface area contributed by atoms with Crippen LogP contribution in [0.15, 0.2) is 0 Å². The van der Waals surface area contributed by atoms with Gasteiger partial charge in [-0.25, -0.2) is 10.0 Å². The molecule has 2 aliphatic heterocycles. The second-order valence-corrected chi connectivity index (χ2v) is 4.17. The number of fused-ring (bicyclic) bond motifs is 2. The van der Waals surface area contributed by atoms with Crippen molar-refractivity contribution in [3.05, 3.63) is 0 Å². The van der Waals surface area contributed by atoms with Crippen molar-refractivity contribution in [2.75, 3.05) is 13.6 Å². The summed E-state index contributed by atoms with van der Waals surface area (Å²) in [5.41, 5.74) is 0. The Morgan fingerprint density at radius 3 is 2.25 bits per heavy atom. The van der Waals surface area contributed by atoms with Crippen molar-refractivity contribution in [1.29, 1.82) is 0 Å². The number of hydrogen-bond acceptors (Lipinski definition) is 2. The fourth-order valence-electron chi connectivity index (χ4n) is 2.81. The molecular weight excluding hydrogens is 148 g/mol. The summed E-state index contributed by atoms with van der Waals surface area (Å²) in [4.78, 5) is 0. The summed E-state index contributed by atoms with van der Waals surface area (Å²) in [7, 11) is 2.23. The van der Waals surface area contributed by atoms with E-state index in [1.54, 1.807) is 0 Å². The van der Waals surface area contributed by atoms with Crippen molar-refractivity contribution in [1.82, 2.24) is 10.0 Å². The van der Waals surface area contributed by atoms with Crippen LogP contribution in [0.5, 0.6) is 0 Å². The molecule has 0 aliphatic carbocycles. The molecule has 0 N–H and O–H groups in total. The molecule has 2 nitrogen and oxygen atoms in total. The minimum absolute atomic E-state index is 0.883. The number of hydrogen-bond donors (Lipinski definition) is 0. The summed E-state index contributed by atoms with van der Waals surface area (Å²) < 4.78 is 0. The monoisotopic (exact) mass is 168 g/mol. The maximum Gasteiger partial charge on any atom is 0.0249 e. The highest BCUT2D eigenvalue weighted by Gasteiger charge is 2.37. The number of piperidine rings is 1. The highest BCUT2D eigenvalue weighted by molar-refractivity contribution is 4.89. The Bertz CT molecular complexity index is 142. The molecule has 2 heteroatoms. The summed E-state index contributed by atoms with van der Waals surface area (Å²) in [5, 5.41) is 5.06. The van der Waals surface area contributed by atoms with E-state index < -0.39 is 0 Å². The van der Waals surface area contributed by atoms with Gasteiger partial charge in [-0.1, -0.05) is 13.3 Å². The Kier molecular flexibility index (Phi) is 2.37. The van der Waals surface area contributed by atoms with E-state index in [-0.39, 0.29) is 0 Å². The molecule has 2 saturated heterocycles. The van der Waals surface area contributed by atoms with Crippen LogP contribution in [-0.4, -0.2) is 35.7 Å². The lowest BCUT2D eigenvalue weighted by Crippen LogP contribution is -2.49. The van der Waals surface area contributed by atoms with E-state index in [9.17, 15) is 0 Å². The summed E-state index contributed by atoms with van der Waals surface area (Å²) >= 11 is 0. The van der Waals surface area contributed by atoms with Gasteiger partial charge in [-0.2, -0.15) is 0 Å². The predicted molar refractivity (Wildman–Crippen MR) is 50.8 cm³/mol.